The number of rotatable bonds is 5. The van der Waals surface area contributed by atoms with Gasteiger partial charge in [-0.05, 0) is 84.6 Å². The molecule has 0 saturated carbocycles. The van der Waals surface area contributed by atoms with Crippen LogP contribution in [0.4, 0.5) is 11.6 Å². The molecule has 198 valence electrons. The van der Waals surface area contributed by atoms with E-state index < -0.39 is 6.04 Å². The van der Waals surface area contributed by atoms with Crippen LogP contribution in [0.2, 0.25) is 0 Å². The maximum absolute atomic E-state index is 13.9. The van der Waals surface area contributed by atoms with Crippen LogP contribution in [-0.2, 0) is 16.1 Å². The monoisotopic (exact) mass is 587 g/mol. The van der Waals surface area contributed by atoms with Gasteiger partial charge in [0.2, 0.25) is 11.8 Å². The summed E-state index contributed by atoms with van der Waals surface area (Å²) >= 11 is 3.33. The second-order valence-electron chi connectivity index (χ2n) is 9.79. The van der Waals surface area contributed by atoms with Gasteiger partial charge in [-0.1, -0.05) is 6.07 Å². The van der Waals surface area contributed by atoms with Gasteiger partial charge in [0, 0.05) is 17.0 Å². The highest BCUT2D eigenvalue weighted by Crippen LogP contribution is 2.37. The summed E-state index contributed by atoms with van der Waals surface area (Å²) in [6.07, 6.45) is 4.33. The molecule has 5 heterocycles. The molecule has 6 rings (SSSR count). The van der Waals surface area contributed by atoms with Gasteiger partial charge in [0.1, 0.15) is 46.6 Å². The Morgan fingerprint density at radius 3 is 2.79 bits per heavy atom. The molecule has 0 aliphatic carbocycles. The number of halogens is 1. The number of nitrogen functional groups attached to an aromatic ring is 1. The summed E-state index contributed by atoms with van der Waals surface area (Å²) in [5.74, 6) is 1.06. The minimum atomic E-state index is -0.604. The van der Waals surface area contributed by atoms with Crippen LogP contribution < -0.4 is 11.1 Å². The van der Waals surface area contributed by atoms with Crippen molar-refractivity contribution in [3.05, 3.63) is 65.2 Å². The molecule has 0 spiro atoms. The molecule has 39 heavy (non-hydrogen) atoms. The highest BCUT2D eigenvalue weighted by molar-refractivity contribution is 9.10. The van der Waals surface area contributed by atoms with Crippen molar-refractivity contribution in [3.8, 4) is 11.3 Å². The van der Waals surface area contributed by atoms with Crippen LogP contribution in [0, 0.1) is 6.92 Å². The summed E-state index contributed by atoms with van der Waals surface area (Å²) in [4.78, 5) is 41.8. The molecule has 10 nitrogen and oxygen atoms in total. The largest absolute Gasteiger partial charge is 0.464 e. The van der Waals surface area contributed by atoms with E-state index in [1.165, 1.54) is 6.33 Å². The van der Waals surface area contributed by atoms with Crippen molar-refractivity contribution in [3.63, 3.8) is 0 Å². The normalized spacial score (nSPS) is 17.3. The highest BCUT2D eigenvalue weighted by Gasteiger charge is 2.39. The number of aromatic nitrogens is 4. The van der Waals surface area contributed by atoms with Crippen molar-refractivity contribution in [2.45, 2.75) is 45.3 Å². The van der Waals surface area contributed by atoms with Gasteiger partial charge in [0.25, 0.3) is 0 Å². The summed E-state index contributed by atoms with van der Waals surface area (Å²) < 4.78 is 8.12. The van der Waals surface area contributed by atoms with Gasteiger partial charge in [-0.25, -0.2) is 15.0 Å². The Labute approximate surface area is 232 Å². The lowest BCUT2D eigenvalue weighted by atomic mass is 10.0. The van der Waals surface area contributed by atoms with Crippen molar-refractivity contribution in [2.75, 3.05) is 11.1 Å². The summed E-state index contributed by atoms with van der Waals surface area (Å²) in [7, 11) is 0. The Kier molecular flexibility index (Phi) is 6.30. The van der Waals surface area contributed by atoms with Gasteiger partial charge in [0.05, 0.1) is 17.2 Å². The molecule has 1 saturated heterocycles. The predicted molar refractivity (Wildman–Crippen MR) is 152 cm³/mol. The van der Waals surface area contributed by atoms with E-state index in [0.717, 1.165) is 34.2 Å². The molecule has 2 amide bonds. The quantitative estimate of drug-likeness (QED) is 0.279. The zero-order valence-electron chi connectivity index (χ0n) is 21.4. The first-order valence-electron chi connectivity index (χ1n) is 12.6. The Balaban J connectivity index is 1.38. The van der Waals surface area contributed by atoms with E-state index in [4.69, 9.17) is 10.2 Å². The van der Waals surface area contributed by atoms with Gasteiger partial charge >= 0.3 is 0 Å². The number of likely N-dealkylation sites (tertiary alicyclic amines) is 1. The van der Waals surface area contributed by atoms with E-state index >= 15 is 0 Å². The maximum atomic E-state index is 13.9. The van der Waals surface area contributed by atoms with Crippen LogP contribution in [0.3, 0.4) is 0 Å². The second kappa shape index (κ2) is 9.81. The summed E-state index contributed by atoms with van der Waals surface area (Å²) in [5.41, 5.74) is 9.57. The lowest BCUT2D eigenvalue weighted by Gasteiger charge is -2.28. The number of carbonyl (C=O) groups is 2. The third-order valence-electron chi connectivity index (χ3n) is 7.28. The predicted octanol–water partition coefficient (Wildman–Crippen LogP) is 4.91. The topological polar surface area (TPSA) is 132 Å². The summed E-state index contributed by atoms with van der Waals surface area (Å²) in [6, 6.07) is 12.3. The molecule has 11 heteroatoms. The van der Waals surface area contributed by atoms with E-state index in [9.17, 15) is 9.59 Å². The molecule has 1 aliphatic rings. The van der Waals surface area contributed by atoms with Crippen LogP contribution in [-0.4, -0.2) is 48.3 Å². The number of carbonyl (C=O) groups excluding carboxylic acids is 2. The van der Waals surface area contributed by atoms with Gasteiger partial charge in [0.15, 0.2) is 0 Å². The number of anilines is 2. The molecule has 1 aliphatic heterocycles. The average Bonchev–Trinajstić information content (AvgIpc) is 3.63. The van der Waals surface area contributed by atoms with Crippen LogP contribution >= 0.6 is 15.9 Å². The minimum Gasteiger partial charge on any atom is -0.464 e. The zero-order chi connectivity index (χ0) is 27.3. The number of fused-ring (bicyclic) bond motifs is 3. The number of nitrogens with two attached hydrogens (primary N) is 1. The highest BCUT2D eigenvalue weighted by atomic mass is 79.9. The average molecular weight is 588 g/mol. The van der Waals surface area contributed by atoms with Crippen molar-refractivity contribution in [1.82, 2.24) is 24.4 Å². The van der Waals surface area contributed by atoms with E-state index in [1.54, 1.807) is 29.4 Å². The van der Waals surface area contributed by atoms with Crippen LogP contribution in [0.5, 0.6) is 0 Å². The Bertz CT molecular complexity index is 1730. The van der Waals surface area contributed by atoms with Crippen molar-refractivity contribution in [1.29, 1.82) is 0 Å². The first-order chi connectivity index (χ1) is 18.8. The third kappa shape index (κ3) is 4.42. The van der Waals surface area contributed by atoms with E-state index in [1.807, 2.05) is 42.7 Å². The molecule has 0 bridgehead atoms. The van der Waals surface area contributed by atoms with Gasteiger partial charge in [-0.3, -0.25) is 9.59 Å². The molecule has 3 N–H and O–H groups in total. The molecule has 2 atom stereocenters. The van der Waals surface area contributed by atoms with Crippen molar-refractivity contribution < 1.29 is 14.0 Å². The fourth-order valence-corrected chi connectivity index (χ4v) is 5.94. The number of benzene rings is 1. The smallest absolute Gasteiger partial charge is 0.248 e. The molecular formula is C28H26BrN7O3. The first-order valence-corrected chi connectivity index (χ1v) is 13.4. The number of nitrogens with one attached hydrogen (secondary N) is 1. The van der Waals surface area contributed by atoms with Gasteiger partial charge < -0.3 is 24.9 Å². The van der Waals surface area contributed by atoms with E-state index in [2.05, 4.69) is 36.2 Å². The van der Waals surface area contributed by atoms with Gasteiger partial charge in [-0.15, -0.1) is 0 Å². The van der Waals surface area contributed by atoms with E-state index in [0.29, 0.717) is 33.7 Å². The standard InChI is InChI=1S/C28H26BrN7O3/c1-15-11-17(20-5-4-10-39-20)12-18-24-26(30)31-14-32-27(24)35(25(15)18)13-23(37)36-16(2)8-9-19(36)28(38)34-22-7-3-6-21(29)33-22/h3-7,10-12,14,16,19H,8-9,13H2,1-2H3,(H2,30,31,32)(H,33,34,38)/t16-,19+/m1/s1. The molecule has 0 unspecified atom stereocenters. The second-order valence-corrected chi connectivity index (χ2v) is 10.6. The molecule has 1 aromatic carbocycles. The number of hydrogen-bond donors (Lipinski definition) is 2. The number of furan rings is 1. The van der Waals surface area contributed by atoms with Crippen LogP contribution in [0.25, 0.3) is 33.3 Å². The van der Waals surface area contributed by atoms with Crippen molar-refractivity contribution >= 4 is 61.3 Å². The SMILES string of the molecule is Cc1cc(-c2ccco2)cc2c3c(N)ncnc3n(CC(=O)N3[C@H](C)CC[C@H]3C(=O)Nc3cccc(Br)n3)c12. The lowest BCUT2D eigenvalue weighted by Crippen LogP contribution is -2.47. The number of pyridine rings is 1. The number of amides is 2. The Morgan fingerprint density at radius 1 is 1.18 bits per heavy atom. The number of aryl methyl sites for hydroxylation is 1. The summed E-state index contributed by atoms with van der Waals surface area (Å²) in [6.45, 7) is 3.95. The van der Waals surface area contributed by atoms with Crippen LogP contribution in [0.1, 0.15) is 25.3 Å². The molecular weight excluding hydrogens is 562 g/mol. The molecule has 4 aromatic heterocycles. The maximum Gasteiger partial charge on any atom is 0.248 e. The fourth-order valence-electron chi connectivity index (χ4n) is 5.59. The van der Waals surface area contributed by atoms with Crippen molar-refractivity contribution in [2.24, 2.45) is 0 Å². The molecule has 1 fully saturated rings. The Hall–Kier alpha value is -4.25. The number of hydrogen-bond acceptors (Lipinski definition) is 7. The van der Waals surface area contributed by atoms with Crippen LogP contribution in [0.15, 0.2) is 64.1 Å². The number of nitrogens with zero attached hydrogens (tertiary/aromatic N) is 5. The van der Waals surface area contributed by atoms with Gasteiger partial charge in [-0.2, -0.15) is 0 Å². The van der Waals surface area contributed by atoms with E-state index in [-0.39, 0.29) is 24.4 Å². The lowest BCUT2D eigenvalue weighted by molar-refractivity contribution is -0.138. The first kappa shape index (κ1) is 25.1. The minimum absolute atomic E-state index is 0.000642. The third-order valence-corrected chi connectivity index (χ3v) is 7.72. The Morgan fingerprint density at radius 2 is 2.03 bits per heavy atom. The molecule has 0 radical (unpaired) electrons. The fraction of sp³-hybridized carbons (Fsp3) is 0.250. The zero-order valence-corrected chi connectivity index (χ0v) is 23.0. The summed E-state index contributed by atoms with van der Waals surface area (Å²) in [5, 5.41) is 4.38. The molecule has 5 aromatic rings.